The number of benzene rings is 1. The van der Waals surface area contributed by atoms with Crippen LogP contribution < -0.4 is 5.32 Å². The second-order valence-corrected chi connectivity index (χ2v) is 4.32. The summed E-state index contributed by atoms with van der Waals surface area (Å²) >= 11 is 0. The third kappa shape index (κ3) is 4.90. The van der Waals surface area contributed by atoms with Gasteiger partial charge < -0.3 is 9.88 Å². The maximum absolute atomic E-state index is 4.02. The molecule has 0 saturated heterocycles. The van der Waals surface area contributed by atoms with E-state index >= 15 is 0 Å². The zero-order valence-corrected chi connectivity index (χ0v) is 11.5. The van der Waals surface area contributed by atoms with Gasteiger partial charge in [-0.25, -0.2) is 4.98 Å². The summed E-state index contributed by atoms with van der Waals surface area (Å²) in [5.74, 6) is 0. The van der Waals surface area contributed by atoms with Crippen molar-refractivity contribution in [1.29, 1.82) is 0 Å². The number of nitrogens with zero attached hydrogens (tertiary/aromatic N) is 2. The van der Waals surface area contributed by atoms with E-state index in [9.17, 15) is 0 Å². The van der Waals surface area contributed by atoms with Crippen molar-refractivity contribution in [3.8, 4) is 0 Å². The van der Waals surface area contributed by atoms with Crippen LogP contribution in [0.3, 0.4) is 0 Å². The molecule has 0 radical (unpaired) electrons. The average Bonchev–Trinajstić information content (AvgIpc) is 2.84. The van der Waals surface area contributed by atoms with Gasteiger partial charge in [-0.1, -0.05) is 29.8 Å². The Morgan fingerprint density at radius 2 is 2.00 bits per heavy atom. The highest BCUT2D eigenvalue weighted by Crippen LogP contribution is 2.02. The summed E-state index contributed by atoms with van der Waals surface area (Å²) in [6, 6.07) is 8.67. The van der Waals surface area contributed by atoms with E-state index in [2.05, 4.69) is 46.1 Å². The smallest absolute Gasteiger partial charge is 0.0945 e. The number of imidazole rings is 1. The quantitative estimate of drug-likeness (QED) is 0.814. The number of nitrogens with one attached hydrogen (secondary N) is 1. The first-order chi connectivity index (χ1) is 8.34. The van der Waals surface area contributed by atoms with Crippen molar-refractivity contribution in [3.05, 3.63) is 54.1 Å². The predicted molar refractivity (Wildman–Crippen MR) is 77.0 cm³/mol. The summed E-state index contributed by atoms with van der Waals surface area (Å²) in [6.45, 7) is 5.12. The summed E-state index contributed by atoms with van der Waals surface area (Å²) < 4.78 is 2.10. The topological polar surface area (TPSA) is 29.9 Å². The average molecular weight is 266 g/mol. The largest absolute Gasteiger partial charge is 0.337 e. The Morgan fingerprint density at radius 3 is 2.67 bits per heavy atom. The Labute approximate surface area is 115 Å². The highest BCUT2D eigenvalue weighted by atomic mass is 35.5. The van der Waals surface area contributed by atoms with Crippen molar-refractivity contribution in [2.24, 2.45) is 0 Å². The monoisotopic (exact) mass is 265 g/mol. The van der Waals surface area contributed by atoms with Gasteiger partial charge in [0.15, 0.2) is 0 Å². The minimum Gasteiger partial charge on any atom is -0.337 e. The lowest BCUT2D eigenvalue weighted by Gasteiger charge is -2.05. The maximum Gasteiger partial charge on any atom is 0.0945 e. The molecule has 1 aromatic carbocycles. The zero-order chi connectivity index (χ0) is 11.9. The lowest BCUT2D eigenvalue weighted by molar-refractivity contribution is 0.581. The Bertz CT molecular complexity index is 423. The first-order valence-corrected chi connectivity index (χ1v) is 6.06. The number of halogens is 1. The van der Waals surface area contributed by atoms with Crippen LogP contribution >= 0.6 is 12.4 Å². The van der Waals surface area contributed by atoms with E-state index in [1.54, 1.807) is 0 Å². The Morgan fingerprint density at radius 1 is 1.22 bits per heavy atom. The highest BCUT2D eigenvalue weighted by molar-refractivity contribution is 5.85. The SMILES string of the molecule is Cc1ccc(CNCCCn2ccnc2)cc1.Cl. The van der Waals surface area contributed by atoms with Crippen LogP contribution in [0, 0.1) is 6.92 Å². The standard InChI is InChI=1S/C14H19N3.ClH/c1-13-3-5-14(6-4-13)11-15-7-2-9-17-10-8-16-12-17;/h3-6,8,10,12,15H,2,7,9,11H2,1H3;1H. The molecule has 1 aromatic heterocycles. The van der Waals surface area contributed by atoms with E-state index in [0.717, 1.165) is 26.1 Å². The molecule has 1 heterocycles. The highest BCUT2D eigenvalue weighted by Gasteiger charge is 1.93. The van der Waals surface area contributed by atoms with Crippen molar-refractivity contribution in [1.82, 2.24) is 14.9 Å². The molecule has 0 fully saturated rings. The Balaban J connectivity index is 0.00000162. The van der Waals surface area contributed by atoms with Crippen molar-refractivity contribution >= 4 is 12.4 Å². The van der Waals surface area contributed by atoms with Gasteiger partial charge in [-0.05, 0) is 25.5 Å². The van der Waals surface area contributed by atoms with E-state index in [0.29, 0.717) is 0 Å². The molecule has 18 heavy (non-hydrogen) atoms. The molecule has 2 rings (SSSR count). The van der Waals surface area contributed by atoms with E-state index < -0.39 is 0 Å². The molecule has 3 nitrogen and oxygen atoms in total. The van der Waals surface area contributed by atoms with Gasteiger partial charge in [-0.15, -0.1) is 12.4 Å². The molecule has 0 unspecified atom stereocenters. The number of hydrogen-bond acceptors (Lipinski definition) is 2. The summed E-state index contributed by atoms with van der Waals surface area (Å²) in [4.78, 5) is 4.02. The molecule has 98 valence electrons. The van der Waals surface area contributed by atoms with Gasteiger partial charge in [0.2, 0.25) is 0 Å². The molecular weight excluding hydrogens is 246 g/mol. The number of rotatable bonds is 6. The van der Waals surface area contributed by atoms with E-state index in [1.807, 2.05) is 18.7 Å². The van der Waals surface area contributed by atoms with E-state index in [1.165, 1.54) is 11.1 Å². The van der Waals surface area contributed by atoms with Gasteiger partial charge in [0.05, 0.1) is 6.33 Å². The summed E-state index contributed by atoms with van der Waals surface area (Å²) in [7, 11) is 0. The molecule has 0 amide bonds. The normalized spacial score (nSPS) is 10.1. The van der Waals surface area contributed by atoms with E-state index in [-0.39, 0.29) is 12.4 Å². The van der Waals surface area contributed by atoms with Crippen LogP contribution in [0.5, 0.6) is 0 Å². The van der Waals surface area contributed by atoms with Gasteiger partial charge >= 0.3 is 0 Å². The van der Waals surface area contributed by atoms with Crippen molar-refractivity contribution in [2.75, 3.05) is 6.54 Å². The fraction of sp³-hybridized carbons (Fsp3) is 0.357. The molecule has 0 atom stereocenters. The zero-order valence-electron chi connectivity index (χ0n) is 10.7. The van der Waals surface area contributed by atoms with Gasteiger partial charge in [0.25, 0.3) is 0 Å². The van der Waals surface area contributed by atoms with Crippen LogP contribution in [-0.4, -0.2) is 16.1 Å². The molecular formula is C14H20ClN3. The minimum absolute atomic E-state index is 0. The van der Waals surface area contributed by atoms with Crippen molar-refractivity contribution in [2.45, 2.75) is 26.4 Å². The van der Waals surface area contributed by atoms with Gasteiger partial charge in [-0.2, -0.15) is 0 Å². The molecule has 0 saturated carbocycles. The third-order valence-corrected chi connectivity index (χ3v) is 2.78. The Kier molecular flexibility index (Phi) is 6.47. The molecule has 0 spiro atoms. The van der Waals surface area contributed by atoms with Gasteiger partial charge in [0, 0.05) is 25.5 Å². The summed E-state index contributed by atoms with van der Waals surface area (Å²) in [5.41, 5.74) is 2.66. The number of aryl methyl sites for hydroxylation is 2. The number of aromatic nitrogens is 2. The Hall–Kier alpha value is -1.32. The summed E-state index contributed by atoms with van der Waals surface area (Å²) in [5, 5.41) is 3.45. The van der Waals surface area contributed by atoms with Crippen LogP contribution in [0.15, 0.2) is 43.0 Å². The lowest BCUT2D eigenvalue weighted by Crippen LogP contribution is -2.16. The van der Waals surface area contributed by atoms with Crippen LogP contribution in [-0.2, 0) is 13.1 Å². The molecule has 0 aliphatic rings. The molecule has 0 bridgehead atoms. The van der Waals surface area contributed by atoms with Crippen LogP contribution in [0.25, 0.3) is 0 Å². The van der Waals surface area contributed by atoms with Crippen LogP contribution in [0.1, 0.15) is 17.5 Å². The number of hydrogen-bond donors (Lipinski definition) is 1. The predicted octanol–water partition coefficient (Wildman–Crippen LogP) is 2.79. The first kappa shape index (κ1) is 14.7. The molecule has 1 N–H and O–H groups in total. The fourth-order valence-electron chi connectivity index (χ4n) is 1.74. The molecule has 0 aliphatic heterocycles. The second-order valence-electron chi connectivity index (χ2n) is 4.32. The van der Waals surface area contributed by atoms with Crippen molar-refractivity contribution in [3.63, 3.8) is 0 Å². The lowest BCUT2D eigenvalue weighted by atomic mass is 10.1. The molecule has 0 aliphatic carbocycles. The van der Waals surface area contributed by atoms with Crippen LogP contribution in [0.2, 0.25) is 0 Å². The summed E-state index contributed by atoms with van der Waals surface area (Å²) in [6.07, 6.45) is 6.81. The van der Waals surface area contributed by atoms with Crippen molar-refractivity contribution < 1.29 is 0 Å². The molecule has 2 aromatic rings. The van der Waals surface area contributed by atoms with Gasteiger partial charge in [-0.3, -0.25) is 0 Å². The maximum atomic E-state index is 4.02. The van der Waals surface area contributed by atoms with Gasteiger partial charge in [0.1, 0.15) is 0 Å². The van der Waals surface area contributed by atoms with E-state index in [4.69, 9.17) is 0 Å². The minimum atomic E-state index is 0. The molecule has 4 heteroatoms. The van der Waals surface area contributed by atoms with Crippen LogP contribution in [0.4, 0.5) is 0 Å². The second kappa shape index (κ2) is 7.90. The fourth-order valence-corrected chi connectivity index (χ4v) is 1.74. The first-order valence-electron chi connectivity index (χ1n) is 6.06. The third-order valence-electron chi connectivity index (χ3n) is 2.78.